The Hall–Kier alpha value is -2.36. The lowest BCUT2D eigenvalue weighted by molar-refractivity contribution is 0.0954. The largest absolute Gasteiger partial charge is 0.388 e. The summed E-state index contributed by atoms with van der Waals surface area (Å²) in [7, 11) is 1.83. The first kappa shape index (κ1) is 15.0. The lowest BCUT2D eigenvalue weighted by atomic mass is 10.1. The Morgan fingerprint density at radius 2 is 1.86 bits per heavy atom. The molecule has 110 valence electrons. The van der Waals surface area contributed by atoms with Gasteiger partial charge in [-0.1, -0.05) is 6.07 Å². The molecule has 2 aromatic rings. The molecule has 2 N–H and O–H groups in total. The molecule has 21 heavy (non-hydrogen) atoms. The van der Waals surface area contributed by atoms with Gasteiger partial charge in [0.05, 0.1) is 0 Å². The van der Waals surface area contributed by atoms with Crippen LogP contribution in [0, 0.1) is 12.7 Å². The highest BCUT2D eigenvalue weighted by atomic mass is 19.1. The Kier molecular flexibility index (Phi) is 4.93. The fourth-order valence-corrected chi connectivity index (χ4v) is 2.14. The molecule has 4 heteroatoms. The van der Waals surface area contributed by atoms with Gasteiger partial charge in [-0.15, -0.1) is 0 Å². The lowest BCUT2D eigenvalue weighted by Gasteiger charge is -2.08. The molecule has 2 rings (SSSR count). The quantitative estimate of drug-likeness (QED) is 0.886. The van der Waals surface area contributed by atoms with E-state index in [4.69, 9.17) is 0 Å². The summed E-state index contributed by atoms with van der Waals surface area (Å²) in [5.41, 5.74) is 3.54. The third-order valence-corrected chi connectivity index (χ3v) is 3.42. The van der Waals surface area contributed by atoms with E-state index in [-0.39, 0.29) is 11.7 Å². The van der Waals surface area contributed by atoms with E-state index >= 15 is 0 Å². The van der Waals surface area contributed by atoms with Crippen LogP contribution in [0.1, 0.15) is 21.5 Å². The van der Waals surface area contributed by atoms with Gasteiger partial charge >= 0.3 is 0 Å². The zero-order valence-electron chi connectivity index (χ0n) is 12.2. The summed E-state index contributed by atoms with van der Waals surface area (Å²) >= 11 is 0. The molecular weight excluding hydrogens is 267 g/mol. The second-order valence-corrected chi connectivity index (χ2v) is 4.90. The number of nitrogens with one attached hydrogen (secondary N) is 2. The van der Waals surface area contributed by atoms with Crippen LogP contribution in [0.2, 0.25) is 0 Å². The van der Waals surface area contributed by atoms with E-state index in [1.54, 1.807) is 18.2 Å². The van der Waals surface area contributed by atoms with E-state index in [1.165, 1.54) is 12.1 Å². The van der Waals surface area contributed by atoms with E-state index in [1.807, 2.05) is 26.1 Å². The third kappa shape index (κ3) is 4.05. The summed E-state index contributed by atoms with van der Waals surface area (Å²) in [5, 5.41) is 5.88. The maximum Gasteiger partial charge on any atom is 0.251 e. The van der Waals surface area contributed by atoms with E-state index in [9.17, 15) is 9.18 Å². The number of rotatable bonds is 5. The molecule has 0 heterocycles. The zero-order valence-corrected chi connectivity index (χ0v) is 12.2. The van der Waals surface area contributed by atoms with Crippen molar-refractivity contribution < 1.29 is 9.18 Å². The second kappa shape index (κ2) is 6.88. The molecule has 0 saturated carbocycles. The van der Waals surface area contributed by atoms with E-state index in [0.29, 0.717) is 18.5 Å². The molecule has 0 aliphatic carbocycles. The molecule has 3 nitrogen and oxygen atoms in total. The molecule has 0 aliphatic heterocycles. The van der Waals surface area contributed by atoms with Gasteiger partial charge < -0.3 is 10.6 Å². The average molecular weight is 286 g/mol. The number of carbonyl (C=O) groups excluding carboxylic acids is 1. The van der Waals surface area contributed by atoms with Gasteiger partial charge in [0.15, 0.2) is 0 Å². The Bertz CT molecular complexity index is 623. The summed E-state index contributed by atoms with van der Waals surface area (Å²) in [6, 6.07) is 12.0. The van der Waals surface area contributed by atoms with Crippen LogP contribution < -0.4 is 10.6 Å². The summed E-state index contributed by atoms with van der Waals surface area (Å²) in [6.07, 6.45) is 0.687. The number of anilines is 1. The highest BCUT2D eigenvalue weighted by Crippen LogP contribution is 2.11. The molecule has 0 fully saturated rings. The monoisotopic (exact) mass is 286 g/mol. The second-order valence-electron chi connectivity index (χ2n) is 4.90. The van der Waals surface area contributed by atoms with Crippen molar-refractivity contribution in [3.63, 3.8) is 0 Å². The Morgan fingerprint density at radius 3 is 2.48 bits per heavy atom. The highest BCUT2D eigenvalue weighted by Gasteiger charge is 2.05. The van der Waals surface area contributed by atoms with Gasteiger partial charge in [0.25, 0.3) is 5.91 Å². The van der Waals surface area contributed by atoms with Crippen LogP contribution in [0.5, 0.6) is 0 Å². The third-order valence-electron chi connectivity index (χ3n) is 3.42. The van der Waals surface area contributed by atoms with Crippen molar-refractivity contribution in [2.24, 2.45) is 0 Å². The minimum Gasteiger partial charge on any atom is -0.388 e. The molecule has 0 saturated heterocycles. The van der Waals surface area contributed by atoms with Gasteiger partial charge in [0.1, 0.15) is 5.82 Å². The van der Waals surface area contributed by atoms with Crippen LogP contribution in [-0.2, 0) is 6.42 Å². The molecule has 0 spiro atoms. The maximum atomic E-state index is 13.0. The van der Waals surface area contributed by atoms with Crippen molar-refractivity contribution in [1.82, 2.24) is 5.32 Å². The summed E-state index contributed by atoms with van der Waals surface area (Å²) in [6.45, 7) is 2.40. The summed E-state index contributed by atoms with van der Waals surface area (Å²) in [5.74, 6) is -0.331. The standard InChI is InChI=1S/C17H19FN2O/c1-12-11-15(18)6-3-13(12)9-10-20-17(21)14-4-7-16(19-2)8-5-14/h3-8,11,19H,9-10H2,1-2H3,(H,20,21). The molecule has 0 radical (unpaired) electrons. The molecular formula is C17H19FN2O. The first-order valence-corrected chi connectivity index (χ1v) is 6.91. The van der Waals surface area contributed by atoms with Crippen LogP contribution in [0.15, 0.2) is 42.5 Å². The number of amides is 1. The number of halogens is 1. The van der Waals surface area contributed by atoms with Gasteiger partial charge in [0, 0.05) is 24.8 Å². The summed E-state index contributed by atoms with van der Waals surface area (Å²) in [4.78, 5) is 12.0. The van der Waals surface area contributed by atoms with Crippen LogP contribution >= 0.6 is 0 Å². The first-order chi connectivity index (χ1) is 10.1. The Morgan fingerprint density at radius 1 is 1.14 bits per heavy atom. The van der Waals surface area contributed by atoms with Gasteiger partial charge in [-0.25, -0.2) is 4.39 Å². The fourth-order valence-electron chi connectivity index (χ4n) is 2.14. The molecule has 1 amide bonds. The molecule has 0 unspecified atom stereocenters. The van der Waals surface area contributed by atoms with Crippen LogP contribution in [0.4, 0.5) is 10.1 Å². The topological polar surface area (TPSA) is 41.1 Å². The maximum absolute atomic E-state index is 13.0. The van der Waals surface area contributed by atoms with Gasteiger partial charge in [0.2, 0.25) is 0 Å². The molecule has 0 aliphatic rings. The number of benzene rings is 2. The molecule has 2 aromatic carbocycles. The predicted molar refractivity (Wildman–Crippen MR) is 83.2 cm³/mol. The Labute approximate surface area is 124 Å². The summed E-state index contributed by atoms with van der Waals surface area (Å²) < 4.78 is 13.0. The lowest BCUT2D eigenvalue weighted by Crippen LogP contribution is -2.25. The first-order valence-electron chi connectivity index (χ1n) is 6.91. The molecule has 0 atom stereocenters. The van der Waals surface area contributed by atoms with Crippen molar-refractivity contribution in [2.75, 3.05) is 18.9 Å². The van der Waals surface area contributed by atoms with E-state index < -0.39 is 0 Å². The van der Waals surface area contributed by atoms with Crippen molar-refractivity contribution in [1.29, 1.82) is 0 Å². The minimum absolute atomic E-state index is 0.0996. The number of aryl methyl sites for hydroxylation is 1. The predicted octanol–water partition coefficient (Wildman–Crippen LogP) is 3.15. The fraction of sp³-hybridized carbons (Fsp3) is 0.235. The normalized spacial score (nSPS) is 10.2. The van der Waals surface area contributed by atoms with Crippen molar-refractivity contribution in [3.05, 3.63) is 65.0 Å². The molecule has 0 bridgehead atoms. The van der Waals surface area contributed by atoms with E-state index in [2.05, 4.69) is 10.6 Å². The van der Waals surface area contributed by atoms with Crippen molar-refractivity contribution in [3.8, 4) is 0 Å². The van der Waals surface area contributed by atoms with Crippen molar-refractivity contribution >= 4 is 11.6 Å². The smallest absolute Gasteiger partial charge is 0.251 e. The Balaban J connectivity index is 1.88. The highest BCUT2D eigenvalue weighted by molar-refractivity contribution is 5.94. The average Bonchev–Trinajstić information content (AvgIpc) is 2.49. The minimum atomic E-state index is -0.232. The van der Waals surface area contributed by atoms with Crippen molar-refractivity contribution in [2.45, 2.75) is 13.3 Å². The number of carbonyl (C=O) groups is 1. The number of hydrogen-bond acceptors (Lipinski definition) is 2. The zero-order chi connectivity index (χ0) is 15.2. The SMILES string of the molecule is CNc1ccc(C(=O)NCCc2ccc(F)cc2C)cc1. The van der Waals surface area contributed by atoms with Crippen LogP contribution in [0.25, 0.3) is 0 Å². The van der Waals surface area contributed by atoms with Gasteiger partial charge in [-0.3, -0.25) is 4.79 Å². The van der Waals surface area contributed by atoms with Crippen LogP contribution in [0.3, 0.4) is 0 Å². The van der Waals surface area contributed by atoms with Gasteiger partial charge in [-0.05, 0) is 60.9 Å². The van der Waals surface area contributed by atoms with E-state index in [0.717, 1.165) is 16.8 Å². The number of hydrogen-bond donors (Lipinski definition) is 2. The van der Waals surface area contributed by atoms with Gasteiger partial charge in [-0.2, -0.15) is 0 Å². The van der Waals surface area contributed by atoms with Crippen LogP contribution in [-0.4, -0.2) is 19.5 Å². The molecule has 0 aromatic heterocycles.